The molecule has 0 radical (unpaired) electrons. The molecule has 0 atom stereocenters. The molecule has 148 valence electrons. The molecule has 1 aromatic heterocycles. The molecule has 2 aliphatic carbocycles. The predicted octanol–water partition coefficient (Wildman–Crippen LogP) is 1.70. The summed E-state index contributed by atoms with van der Waals surface area (Å²) in [7, 11) is 0. The first kappa shape index (κ1) is 18.7. The molecule has 1 aromatic rings. The number of hydrogen-bond donors (Lipinski definition) is 0. The van der Waals surface area contributed by atoms with Gasteiger partial charge in [0.15, 0.2) is 0 Å². The van der Waals surface area contributed by atoms with E-state index in [1.807, 2.05) is 0 Å². The number of amides is 1. The molecule has 6 heteroatoms. The van der Waals surface area contributed by atoms with Crippen LogP contribution in [0.25, 0.3) is 0 Å². The number of aryl methyl sites for hydroxylation is 2. The highest BCUT2D eigenvalue weighted by Gasteiger charge is 2.30. The molecule has 0 N–H and O–H groups in total. The van der Waals surface area contributed by atoms with Crippen molar-refractivity contribution in [2.24, 2.45) is 11.8 Å². The lowest BCUT2D eigenvalue weighted by molar-refractivity contribution is -0.138. The van der Waals surface area contributed by atoms with Gasteiger partial charge < -0.3 is 4.90 Å². The van der Waals surface area contributed by atoms with Gasteiger partial charge in [-0.1, -0.05) is 6.92 Å². The molecule has 1 aliphatic heterocycles. The minimum Gasteiger partial charge on any atom is -0.340 e. The smallest absolute Gasteiger partial charge is 0.267 e. The summed E-state index contributed by atoms with van der Waals surface area (Å²) in [5.74, 6) is 1.40. The summed E-state index contributed by atoms with van der Waals surface area (Å²) < 4.78 is 1.63. The highest BCUT2D eigenvalue weighted by atomic mass is 16.2. The van der Waals surface area contributed by atoms with E-state index in [1.165, 1.54) is 12.8 Å². The molecule has 0 aromatic carbocycles. The average Bonchev–Trinajstić information content (AvgIpc) is 3.13. The summed E-state index contributed by atoms with van der Waals surface area (Å²) in [6, 6.07) is 1.77. The maximum atomic E-state index is 12.8. The number of hydrogen-bond acceptors (Lipinski definition) is 4. The molecule has 6 nitrogen and oxygen atoms in total. The van der Waals surface area contributed by atoms with Gasteiger partial charge in [0, 0.05) is 44.7 Å². The fraction of sp³-hybridized carbons (Fsp3) is 0.762. The van der Waals surface area contributed by atoms with E-state index in [4.69, 9.17) is 0 Å². The maximum Gasteiger partial charge on any atom is 0.267 e. The van der Waals surface area contributed by atoms with E-state index < -0.39 is 0 Å². The van der Waals surface area contributed by atoms with E-state index in [0.717, 1.165) is 82.0 Å². The third-order valence-corrected chi connectivity index (χ3v) is 6.70. The Bertz CT molecular complexity index is 728. The summed E-state index contributed by atoms with van der Waals surface area (Å²) in [6.07, 6.45) is 7.62. The van der Waals surface area contributed by atoms with Crippen LogP contribution in [-0.4, -0.2) is 58.2 Å². The standard InChI is InChI=1S/C21H32N4O2/c1-16-5-7-17(8-6-16)21(27)24-12-9-23(10-13-24)11-14-25-20(26)15-18-3-2-4-19(18)22-25/h15-17H,2-14H2,1H3. The third-order valence-electron chi connectivity index (χ3n) is 6.70. The predicted molar refractivity (Wildman–Crippen MR) is 105 cm³/mol. The van der Waals surface area contributed by atoms with Crippen LogP contribution in [0.15, 0.2) is 10.9 Å². The Hall–Kier alpha value is -1.69. The first-order valence-corrected chi connectivity index (χ1v) is 10.7. The minimum absolute atomic E-state index is 0.0241. The van der Waals surface area contributed by atoms with Crippen LogP contribution in [0.1, 0.15) is 50.3 Å². The van der Waals surface area contributed by atoms with E-state index in [9.17, 15) is 9.59 Å². The number of carbonyl (C=O) groups excluding carboxylic acids is 1. The van der Waals surface area contributed by atoms with Crippen molar-refractivity contribution < 1.29 is 4.79 Å². The van der Waals surface area contributed by atoms with E-state index in [0.29, 0.717) is 12.5 Å². The van der Waals surface area contributed by atoms with E-state index in [2.05, 4.69) is 21.8 Å². The van der Waals surface area contributed by atoms with Gasteiger partial charge >= 0.3 is 0 Å². The molecule has 1 saturated carbocycles. The number of aromatic nitrogens is 2. The Morgan fingerprint density at radius 3 is 2.56 bits per heavy atom. The first-order valence-electron chi connectivity index (χ1n) is 10.7. The van der Waals surface area contributed by atoms with Crippen molar-refractivity contribution in [2.75, 3.05) is 32.7 Å². The zero-order valence-corrected chi connectivity index (χ0v) is 16.5. The largest absolute Gasteiger partial charge is 0.340 e. The molecule has 0 spiro atoms. The van der Waals surface area contributed by atoms with Crippen LogP contribution >= 0.6 is 0 Å². The van der Waals surface area contributed by atoms with Crippen molar-refractivity contribution in [2.45, 2.75) is 58.4 Å². The van der Waals surface area contributed by atoms with Gasteiger partial charge in [-0.05, 0) is 56.4 Å². The molecular formula is C21H32N4O2. The average molecular weight is 373 g/mol. The molecular weight excluding hydrogens is 340 g/mol. The molecule has 0 unspecified atom stereocenters. The van der Waals surface area contributed by atoms with Gasteiger partial charge in [-0.3, -0.25) is 14.5 Å². The van der Waals surface area contributed by atoms with Crippen molar-refractivity contribution in [1.82, 2.24) is 19.6 Å². The Labute approximate surface area is 161 Å². The van der Waals surface area contributed by atoms with Crippen LogP contribution in [0.5, 0.6) is 0 Å². The maximum absolute atomic E-state index is 12.8. The second kappa shape index (κ2) is 8.13. The molecule has 3 aliphatic rings. The van der Waals surface area contributed by atoms with Gasteiger partial charge in [0.2, 0.25) is 5.91 Å². The van der Waals surface area contributed by atoms with Gasteiger partial charge in [0.05, 0.1) is 12.2 Å². The summed E-state index contributed by atoms with van der Waals surface area (Å²) >= 11 is 0. The lowest BCUT2D eigenvalue weighted by Crippen LogP contribution is -2.51. The Morgan fingerprint density at radius 2 is 1.81 bits per heavy atom. The molecule has 27 heavy (non-hydrogen) atoms. The zero-order chi connectivity index (χ0) is 18.8. The normalized spacial score (nSPS) is 26.2. The summed E-state index contributed by atoms with van der Waals surface area (Å²) in [6.45, 7) is 7.19. The summed E-state index contributed by atoms with van der Waals surface area (Å²) in [5.41, 5.74) is 2.27. The lowest BCUT2D eigenvalue weighted by Gasteiger charge is -2.37. The van der Waals surface area contributed by atoms with E-state index >= 15 is 0 Å². The summed E-state index contributed by atoms with van der Waals surface area (Å²) in [5, 5.41) is 4.56. The fourth-order valence-corrected chi connectivity index (χ4v) is 4.79. The third kappa shape index (κ3) is 4.26. The van der Waals surface area contributed by atoms with Gasteiger partial charge in [-0.15, -0.1) is 0 Å². The summed E-state index contributed by atoms with van der Waals surface area (Å²) in [4.78, 5) is 29.4. The molecule has 0 bridgehead atoms. The van der Waals surface area contributed by atoms with E-state index in [-0.39, 0.29) is 11.5 Å². The zero-order valence-electron chi connectivity index (χ0n) is 16.5. The number of nitrogens with zero attached hydrogens (tertiary/aromatic N) is 4. The van der Waals surface area contributed by atoms with Crippen molar-refractivity contribution in [3.63, 3.8) is 0 Å². The van der Waals surface area contributed by atoms with Gasteiger partial charge in [0.25, 0.3) is 5.56 Å². The second-order valence-corrected chi connectivity index (χ2v) is 8.65. The van der Waals surface area contributed by atoms with E-state index in [1.54, 1.807) is 10.7 Å². The van der Waals surface area contributed by atoms with Gasteiger partial charge in [0.1, 0.15) is 0 Å². The van der Waals surface area contributed by atoms with Crippen LogP contribution in [0.3, 0.4) is 0 Å². The minimum atomic E-state index is 0.0241. The van der Waals surface area contributed by atoms with Crippen LogP contribution in [0, 0.1) is 11.8 Å². The first-order chi connectivity index (χ1) is 13.1. The molecule has 1 amide bonds. The molecule has 2 heterocycles. The monoisotopic (exact) mass is 372 g/mol. The fourth-order valence-electron chi connectivity index (χ4n) is 4.79. The number of carbonyl (C=O) groups is 1. The molecule has 2 fully saturated rings. The van der Waals surface area contributed by atoms with Crippen molar-refractivity contribution in [3.8, 4) is 0 Å². The lowest BCUT2D eigenvalue weighted by atomic mass is 9.82. The van der Waals surface area contributed by atoms with Crippen LogP contribution < -0.4 is 5.56 Å². The Kier molecular flexibility index (Phi) is 5.62. The molecule has 4 rings (SSSR count). The van der Waals surface area contributed by atoms with Crippen LogP contribution in [0.2, 0.25) is 0 Å². The second-order valence-electron chi connectivity index (χ2n) is 8.65. The molecule has 1 saturated heterocycles. The van der Waals surface area contributed by atoms with Crippen LogP contribution in [-0.2, 0) is 24.2 Å². The Morgan fingerprint density at radius 1 is 1.07 bits per heavy atom. The van der Waals surface area contributed by atoms with Crippen molar-refractivity contribution in [1.29, 1.82) is 0 Å². The topological polar surface area (TPSA) is 58.4 Å². The van der Waals surface area contributed by atoms with Crippen molar-refractivity contribution in [3.05, 3.63) is 27.7 Å². The number of piperazine rings is 1. The number of fused-ring (bicyclic) bond motifs is 1. The SMILES string of the molecule is CC1CCC(C(=O)N2CCN(CCn3nc4c(cc3=O)CCC4)CC2)CC1. The highest BCUT2D eigenvalue weighted by Crippen LogP contribution is 2.29. The van der Waals surface area contributed by atoms with Gasteiger partial charge in [-0.25, -0.2) is 4.68 Å². The Balaban J connectivity index is 1.25. The highest BCUT2D eigenvalue weighted by molar-refractivity contribution is 5.79. The van der Waals surface area contributed by atoms with Gasteiger partial charge in [-0.2, -0.15) is 5.10 Å². The number of rotatable bonds is 4. The van der Waals surface area contributed by atoms with Crippen molar-refractivity contribution >= 4 is 5.91 Å². The quantitative estimate of drug-likeness (QED) is 0.807. The van der Waals surface area contributed by atoms with Crippen LogP contribution in [0.4, 0.5) is 0 Å².